The summed E-state index contributed by atoms with van der Waals surface area (Å²) in [6.07, 6.45) is 0.718. The van der Waals surface area contributed by atoms with E-state index in [4.69, 9.17) is 13.9 Å². The summed E-state index contributed by atoms with van der Waals surface area (Å²) >= 11 is 0. The van der Waals surface area contributed by atoms with Crippen LogP contribution >= 0.6 is 0 Å². The average Bonchev–Trinajstić information content (AvgIpc) is 2.86. The Hall–Kier alpha value is -3.22. The van der Waals surface area contributed by atoms with Crippen molar-refractivity contribution in [2.75, 3.05) is 13.2 Å². The molecule has 0 aliphatic rings. The number of ether oxygens (including phenoxy) is 2. The molecule has 0 amide bonds. The minimum Gasteiger partial charge on any atom is -0.454 e. The molecule has 0 fully saturated rings. The topological polar surface area (TPSA) is 61.8 Å². The van der Waals surface area contributed by atoms with Crippen LogP contribution in [0, 0.1) is 0 Å². The molecule has 0 bridgehead atoms. The first kappa shape index (κ1) is 28.3. The number of hydrogen-bond donors (Lipinski definition) is 0. The van der Waals surface area contributed by atoms with Gasteiger partial charge < -0.3 is 13.9 Å². The number of para-hydroxylation sites is 1. The highest BCUT2D eigenvalue weighted by Gasteiger charge is 2.50. The SMILES string of the molecule is CC(=O)OCC(=O)Oc1ccccc1C(C)(C)CCO[Si](c1ccccc1)(c1ccccc1)C(C)(C)C. The summed E-state index contributed by atoms with van der Waals surface area (Å²) in [5.74, 6) is -0.664. The van der Waals surface area contributed by atoms with Gasteiger partial charge in [-0.1, -0.05) is 113 Å². The third kappa shape index (κ3) is 6.76. The molecule has 0 saturated carbocycles. The predicted molar refractivity (Wildman–Crippen MR) is 150 cm³/mol. The Kier molecular flexibility index (Phi) is 9.10. The second-order valence-electron chi connectivity index (χ2n) is 10.9. The smallest absolute Gasteiger partial charge is 0.349 e. The van der Waals surface area contributed by atoms with Crippen molar-refractivity contribution in [1.29, 1.82) is 0 Å². The first-order chi connectivity index (χ1) is 17.5. The number of carbonyl (C=O) groups is 2. The van der Waals surface area contributed by atoms with Gasteiger partial charge in [0.2, 0.25) is 0 Å². The van der Waals surface area contributed by atoms with E-state index in [1.165, 1.54) is 17.3 Å². The lowest BCUT2D eigenvalue weighted by Crippen LogP contribution is -2.66. The van der Waals surface area contributed by atoms with Gasteiger partial charge in [0.25, 0.3) is 8.32 Å². The van der Waals surface area contributed by atoms with E-state index in [1.54, 1.807) is 6.07 Å². The standard InChI is InChI=1S/C31H38O5Si/c1-24(32)34-23-29(33)36-28-20-14-13-19-27(28)31(5,6)21-22-35-37(30(2,3)4,25-15-9-7-10-16-25)26-17-11-8-12-18-26/h7-20H,21-23H2,1-6H3. The van der Waals surface area contributed by atoms with Crippen LogP contribution in [0.4, 0.5) is 0 Å². The molecule has 0 aliphatic carbocycles. The molecule has 0 heterocycles. The van der Waals surface area contributed by atoms with Crippen molar-refractivity contribution < 1.29 is 23.5 Å². The Balaban J connectivity index is 1.88. The maximum absolute atomic E-state index is 12.2. The highest BCUT2D eigenvalue weighted by Crippen LogP contribution is 2.39. The highest BCUT2D eigenvalue weighted by atomic mass is 28.4. The highest BCUT2D eigenvalue weighted by molar-refractivity contribution is 6.99. The van der Waals surface area contributed by atoms with Crippen LogP contribution < -0.4 is 15.1 Å². The molecular weight excluding hydrogens is 480 g/mol. The first-order valence-corrected chi connectivity index (χ1v) is 14.6. The number of benzene rings is 3. The van der Waals surface area contributed by atoms with Gasteiger partial charge in [-0.3, -0.25) is 4.79 Å². The quantitative estimate of drug-likeness (QED) is 0.204. The Bertz CT molecular complexity index is 1140. The summed E-state index contributed by atoms with van der Waals surface area (Å²) in [5, 5.41) is 2.38. The molecular formula is C31H38O5Si. The molecule has 3 aromatic carbocycles. The van der Waals surface area contributed by atoms with Crippen LogP contribution in [0.3, 0.4) is 0 Å². The molecule has 6 heteroatoms. The van der Waals surface area contributed by atoms with E-state index in [2.05, 4.69) is 83.1 Å². The number of carbonyl (C=O) groups excluding carboxylic acids is 2. The van der Waals surface area contributed by atoms with Gasteiger partial charge >= 0.3 is 11.9 Å². The zero-order valence-corrected chi connectivity index (χ0v) is 23.7. The lowest BCUT2D eigenvalue weighted by atomic mass is 9.81. The van der Waals surface area contributed by atoms with Crippen LogP contribution in [0.1, 0.15) is 53.5 Å². The molecule has 0 atom stereocenters. The van der Waals surface area contributed by atoms with Gasteiger partial charge in [0.05, 0.1) is 0 Å². The molecule has 3 rings (SSSR count). The molecule has 196 valence electrons. The van der Waals surface area contributed by atoms with Gasteiger partial charge in [0, 0.05) is 19.1 Å². The van der Waals surface area contributed by atoms with Crippen molar-refractivity contribution >= 4 is 30.6 Å². The second-order valence-corrected chi connectivity index (χ2v) is 15.2. The zero-order valence-electron chi connectivity index (χ0n) is 22.7. The summed E-state index contributed by atoms with van der Waals surface area (Å²) < 4.78 is 17.4. The van der Waals surface area contributed by atoms with Gasteiger partial charge in [-0.05, 0) is 33.3 Å². The molecule has 5 nitrogen and oxygen atoms in total. The van der Waals surface area contributed by atoms with Crippen molar-refractivity contribution in [3.8, 4) is 5.75 Å². The fourth-order valence-corrected chi connectivity index (χ4v) is 9.35. The molecule has 0 aliphatic heterocycles. The zero-order chi connectivity index (χ0) is 27.1. The van der Waals surface area contributed by atoms with Gasteiger partial charge in [0.15, 0.2) is 6.61 Å². The van der Waals surface area contributed by atoms with Crippen molar-refractivity contribution in [3.63, 3.8) is 0 Å². The normalized spacial score (nSPS) is 12.2. The van der Waals surface area contributed by atoms with Crippen LogP contribution in [0.15, 0.2) is 84.9 Å². The summed E-state index contributed by atoms with van der Waals surface area (Å²) in [6.45, 7) is 12.4. The third-order valence-electron chi connectivity index (χ3n) is 6.70. The molecule has 0 spiro atoms. The van der Waals surface area contributed by atoms with Gasteiger partial charge in [-0.2, -0.15) is 0 Å². The lowest BCUT2D eigenvalue weighted by Gasteiger charge is -2.43. The molecule has 37 heavy (non-hydrogen) atoms. The molecule has 0 unspecified atom stereocenters. The van der Waals surface area contributed by atoms with Crippen molar-refractivity contribution in [2.24, 2.45) is 0 Å². The van der Waals surface area contributed by atoms with Crippen molar-refractivity contribution in [3.05, 3.63) is 90.5 Å². The number of rotatable bonds is 10. The number of esters is 2. The van der Waals surface area contributed by atoms with E-state index in [9.17, 15) is 9.59 Å². The largest absolute Gasteiger partial charge is 0.454 e. The Morgan fingerprint density at radius 2 is 1.27 bits per heavy atom. The molecule has 0 radical (unpaired) electrons. The van der Waals surface area contributed by atoms with E-state index in [1.807, 2.05) is 30.3 Å². The minimum atomic E-state index is -2.65. The summed E-state index contributed by atoms with van der Waals surface area (Å²) in [6, 6.07) is 28.7. The fourth-order valence-electron chi connectivity index (χ4n) is 4.78. The van der Waals surface area contributed by atoms with E-state index in [0.29, 0.717) is 12.4 Å². The number of hydrogen-bond acceptors (Lipinski definition) is 5. The van der Waals surface area contributed by atoms with Crippen molar-refractivity contribution in [2.45, 2.75) is 58.4 Å². The van der Waals surface area contributed by atoms with Crippen LogP contribution in [-0.4, -0.2) is 33.5 Å². The predicted octanol–water partition coefficient (Wildman–Crippen LogP) is 5.40. The summed E-state index contributed by atoms with van der Waals surface area (Å²) in [4.78, 5) is 23.3. The monoisotopic (exact) mass is 518 g/mol. The van der Waals surface area contributed by atoms with Crippen molar-refractivity contribution in [1.82, 2.24) is 0 Å². The second kappa shape index (κ2) is 11.9. The van der Waals surface area contributed by atoms with Gasteiger partial charge in [-0.15, -0.1) is 0 Å². The maximum Gasteiger partial charge on any atom is 0.349 e. The minimum absolute atomic E-state index is 0.107. The van der Waals surface area contributed by atoms with Crippen LogP contribution in [0.2, 0.25) is 5.04 Å². The fraction of sp³-hybridized carbons (Fsp3) is 0.355. The van der Waals surface area contributed by atoms with Gasteiger partial charge in [0.1, 0.15) is 5.75 Å². The van der Waals surface area contributed by atoms with Crippen LogP contribution in [0.25, 0.3) is 0 Å². The lowest BCUT2D eigenvalue weighted by molar-refractivity contribution is -0.152. The summed E-state index contributed by atoms with van der Waals surface area (Å²) in [7, 11) is -2.65. The van der Waals surface area contributed by atoms with E-state index in [-0.39, 0.29) is 10.5 Å². The molecule has 0 saturated heterocycles. The van der Waals surface area contributed by atoms with Crippen LogP contribution in [0.5, 0.6) is 5.75 Å². The Morgan fingerprint density at radius 1 is 0.757 bits per heavy atom. The summed E-state index contributed by atoms with van der Waals surface area (Å²) in [5.41, 5.74) is 0.557. The van der Waals surface area contributed by atoms with Crippen LogP contribution in [-0.2, 0) is 24.2 Å². The van der Waals surface area contributed by atoms with E-state index in [0.717, 1.165) is 12.0 Å². The maximum atomic E-state index is 12.2. The first-order valence-electron chi connectivity index (χ1n) is 12.7. The third-order valence-corrected chi connectivity index (χ3v) is 11.7. The molecule has 0 aromatic heterocycles. The van der Waals surface area contributed by atoms with E-state index < -0.39 is 26.9 Å². The Labute approximate surface area is 221 Å². The average molecular weight is 519 g/mol. The Morgan fingerprint density at radius 3 is 1.78 bits per heavy atom. The molecule has 3 aromatic rings. The van der Waals surface area contributed by atoms with Gasteiger partial charge in [-0.25, -0.2) is 4.79 Å². The molecule has 0 N–H and O–H groups in total. The van der Waals surface area contributed by atoms with E-state index >= 15 is 0 Å².